The quantitative estimate of drug-likeness (QED) is 0.131. The van der Waals surface area contributed by atoms with Crippen LogP contribution >= 0.6 is 12.8 Å². The van der Waals surface area contributed by atoms with Gasteiger partial charge in [0.15, 0.2) is 0 Å². The number of anilines is 2. The SMILES string of the molecule is N=C1C(c2ccc(-n3c4ccccc4c4ccc5ccccc5c43)cc2)=CC=C(N(c2ccccc2)c2ccc(-c3cccc4oc5ccccc5c34)cc2)C1=NS. The maximum Gasteiger partial charge on any atom is 0.136 e. The zero-order valence-corrected chi connectivity index (χ0v) is 32.1. The molecule has 0 saturated heterocycles. The molecule has 0 spiro atoms. The molecule has 58 heavy (non-hydrogen) atoms. The van der Waals surface area contributed by atoms with E-state index in [1.165, 1.54) is 27.1 Å². The second-order valence-electron chi connectivity index (χ2n) is 14.5. The van der Waals surface area contributed by atoms with Crippen LogP contribution in [0.1, 0.15) is 5.56 Å². The van der Waals surface area contributed by atoms with E-state index in [-0.39, 0.29) is 0 Å². The number of nitrogens with zero attached hydrogens (tertiary/aromatic N) is 3. The molecule has 0 atom stereocenters. The highest BCUT2D eigenvalue weighted by atomic mass is 32.1. The van der Waals surface area contributed by atoms with Crippen molar-refractivity contribution in [2.45, 2.75) is 0 Å². The van der Waals surface area contributed by atoms with Crippen LogP contribution < -0.4 is 4.90 Å². The number of para-hydroxylation sites is 3. The monoisotopic (exact) mass is 762 g/mol. The number of benzene rings is 8. The molecule has 2 aromatic heterocycles. The number of rotatable bonds is 6. The average molecular weight is 763 g/mol. The van der Waals surface area contributed by atoms with Gasteiger partial charge >= 0.3 is 0 Å². The lowest BCUT2D eigenvalue weighted by Crippen LogP contribution is -2.30. The molecule has 1 aliphatic carbocycles. The van der Waals surface area contributed by atoms with Crippen LogP contribution in [0.5, 0.6) is 0 Å². The number of nitrogens with one attached hydrogen (secondary N) is 1. The fraction of sp³-hybridized carbons (Fsp3) is 0. The molecule has 274 valence electrons. The summed E-state index contributed by atoms with van der Waals surface area (Å²) in [5, 5.41) is 16.6. The first-order chi connectivity index (χ1) is 28.7. The van der Waals surface area contributed by atoms with E-state index >= 15 is 0 Å². The van der Waals surface area contributed by atoms with Gasteiger partial charge in [0.2, 0.25) is 0 Å². The van der Waals surface area contributed by atoms with Crippen LogP contribution in [0.15, 0.2) is 209 Å². The lowest BCUT2D eigenvalue weighted by atomic mass is 9.91. The van der Waals surface area contributed by atoms with E-state index in [0.29, 0.717) is 11.4 Å². The van der Waals surface area contributed by atoms with Gasteiger partial charge < -0.3 is 13.9 Å². The summed E-state index contributed by atoms with van der Waals surface area (Å²) in [6, 6.07) is 63.3. The molecule has 5 nitrogen and oxygen atoms in total. The number of aromatic nitrogens is 1. The normalized spacial score (nSPS) is 13.9. The van der Waals surface area contributed by atoms with Crippen molar-refractivity contribution in [2.24, 2.45) is 4.40 Å². The van der Waals surface area contributed by atoms with Crippen LogP contribution in [0.2, 0.25) is 0 Å². The van der Waals surface area contributed by atoms with E-state index in [1.807, 2.05) is 54.6 Å². The minimum Gasteiger partial charge on any atom is -0.456 e. The second kappa shape index (κ2) is 13.7. The molecule has 10 aromatic rings. The average Bonchev–Trinajstić information content (AvgIpc) is 3.84. The number of fused-ring (bicyclic) bond motifs is 8. The molecule has 6 heteroatoms. The van der Waals surface area contributed by atoms with Gasteiger partial charge in [0.1, 0.15) is 16.9 Å². The molecular formula is C52H34N4OS. The summed E-state index contributed by atoms with van der Waals surface area (Å²) in [6.07, 6.45) is 4.08. The summed E-state index contributed by atoms with van der Waals surface area (Å²) >= 11 is 4.47. The zero-order valence-electron chi connectivity index (χ0n) is 31.2. The number of allylic oxidation sites excluding steroid dienone is 4. The predicted octanol–water partition coefficient (Wildman–Crippen LogP) is 13.9. The van der Waals surface area contributed by atoms with E-state index < -0.39 is 0 Å². The van der Waals surface area contributed by atoms with Crippen LogP contribution in [0, 0.1) is 5.41 Å². The van der Waals surface area contributed by atoms with Crippen molar-refractivity contribution in [3.8, 4) is 16.8 Å². The first kappa shape index (κ1) is 33.9. The van der Waals surface area contributed by atoms with E-state index in [9.17, 15) is 5.41 Å². The van der Waals surface area contributed by atoms with Crippen molar-refractivity contribution < 1.29 is 4.42 Å². The molecule has 0 radical (unpaired) electrons. The minimum atomic E-state index is 0.305. The van der Waals surface area contributed by atoms with E-state index in [1.54, 1.807) is 0 Å². The van der Waals surface area contributed by atoms with Crippen molar-refractivity contribution in [3.05, 3.63) is 205 Å². The van der Waals surface area contributed by atoms with E-state index in [4.69, 9.17) is 4.42 Å². The Bertz CT molecular complexity index is 3350. The van der Waals surface area contributed by atoms with Crippen LogP contribution in [0.3, 0.4) is 0 Å². The Kier molecular flexibility index (Phi) is 7.98. The Morgan fingerprint density at radius 2 is 1.21 bits per heavy atom. The first-order valence-electron chi connectivity index (χ1n) is 19.3. The standard InChI is InChI=1S/C52H34N4OS/c53-50-40(35-23-28-38(29-24-35)56-45-18-8-6-15-42(45)43-30-25-33-11-4-5-14-41(33)52(43)56)31-32-46(51(50)54-58)55(36-12-2-1-3-13-36)37-26-21-34(22-27-37)39-17-10-20-48-49(39)44-16-7-9-19-47(44)57-48/h1-32,53,58H. The molecule has 0 saturated carbocycles. The Balaban J connectivity index is 0.985. The first-order valence-corrected chi connectivity index (χ1v) is 19.7. The lowest BCUT2D eigenvalue weighted by Gasteiger charge is -2.31. The largest absolute Gasteiger partial charge is 0.456 e. The Morgan fingerprint density at radius 3 is 2.02 bits per heavy atom. The molecular weight excluding hydrogens is 729 g/mol. The van der Waals surface area contributed by atoms with Gasteiger partial charge in [-0.3, -0.25) is 5.41 Å². The van der Waals surface area contributed by atoms with Crippen molar-refractivity contribution in [2.75, 3.05) is 4.90 Å². The van der Waals surface area contributed by atoms with Gasteiger partial charge in [-0.1, -0.05) is 127 Å². The fourth-order valence-electron chi connectivity index (χ4n) is 8.70. The third-order valence-electron chi connectivity index (χ3n) is 11.3. The molecule has 2 heterocycles. The Hall–Kier alpha value is -7.41. The minimum absolute atomic E-state index is 0.305. The van der Waals surface area contributed by atoms with E-state index in [0.717, 1.165) is 72.5 Å². The highest BCUT2D eigenvalue weighted by Crippen LogP contribution is 2.40. The molecule has 8 aromatic carbocycles. The van der Waals surface area contributed by atoms with Crippen LogP contribution in [0.25, 0.3) is 76.9 Å². The molecule has 0 amide bonds. The smallest absolute Gasteiger partial charge is 0.136 e. The third kappa shape index (κ3) is 5.34. The van der Waals surface area contributed by atoms with Crippen molar-refractivity contribution >= 4 is 95.7 Å². The maximum atomic E-state index is 9.53. The van der Waals surface area contributed by atoms with Crippen LogP contribution in [0.4, 0.5) is 11.4 Å². The van der Waals surface area contributed by atoms with E-state index in [2.05, 4.69) is 166 Å². The van der Waals surface area contributed by atoms with Crippen molar-refractivity contribution in [3.63, 3.8) is 0 Å². The van der Waals surface area contributed by atoms with Crippen molar-refractivity contribution in [1.29, 1.82) is 5.41 Å². The number of furan rings is 1. The lowest BCUT2D eigenvalue weighted by molar-refractivity contribution is 0.669. The Labute approximate surface area is 340 Å². The Morgan fingerprint density at radius 1 is 0.534 bits per heavy atom. The summed E-state index contributed by atoms with van der Waals surface area (Å²) in [7, 11) is 0. The molecule has 1 aliphatic rings. The maximum absolute atomic E-state index is 9.53. The van der Waals surface area contributed by atoms with Gasteiger partial charge in [-0.2, -0.15) is 0 Å². The summed E-state index contributed by atoms with van der Waals surface area (Å²) in [5.74, 6) is 0. The molecule has 1 N–H and O–H groups in total. The van der Waals surface area contributed by atoms with Gasteiger partial charge in [0, 0.05) is 49.6 Å². The van der Waals surface area contributed by atoms with Gasteiger partial charge in [-0.25, -0.2) is 4.40 Å². The summed E-state index contributed by atoms with van der Waals surface area (Å²) in [5.41, 5.74) is 12.5. The molecule has 0 unspecified atom stereocenters. The van der Waals surface area contributed by atoms with Gasteiger partial charge in [0.05, 0.1) is 22.4 Å². The predicted molar refractivity (Wildman–Crippen MR) is 246 cm³/mol. The highest BCUT2D eigenvalue weighted by molar-refractivity contribution is 7.79. The zero-order chi connectivity index (χ0) is 38.7. The topological polar surface area (TPSA) is 57.5 Å². The number of hydrogen-bond donors (Lipinski definition) is 2. The van der Waals surface area contributed by atoms with Gasteiger partial charge in [0.25, 0.3) is 0 Å². The molecule has 0 bridgehead atoms. The summed E-state index contributed by atoms with van der Waals surface area (Å²) in [4.78, 5) is 2.14. The summed E-state index contributed by atoms with van der Waals surface area (Å²) in [6.45, 7) is 0. The fourth-order valence-corrected chi connectivity index (χ4v) is 8.90. The van der Waals surface area contributed by atoms with Crippen LogP contribution in [-0.2, 0) is 0 Å². The summed E-state index contributed by atoms with van der Waals surface area (Å²) < 4.78 is 13.0. The third-order valence-corrected chi connectivity index (χ3v) is 11.5. The van der Waals surface area contributed by atoms with Gasteiger partial charge in [-0.05, 0) is 102 Å². The molecule has 0 fully saturated rings. The molecule has 0 aliphatic heterocycles. The van der Waals surface area contributed by atoms with Crippen LogP contribution in [-0.4, -0.2) is 16.0 Å². The number of thiol groups is 1. The van der Waals surface area contributed by atoms with Gasteiger partial charge in [-0.15, -0.1) is 0 Å². The second-order valence-corrected chi connectivity index (χ2v) is 14.7. The molecule has 11 rings (SSSR count). The number of hydrogen-bond acceptors (Lipinski definition) is 5. The highest BCUT2D eigenvalue weighted by Gasteiger charge is 2.28. The van der Waals surface area contributed by atoms with Crippen molar-refractivity contribution in [1.82, 2.24) is 4.57 Å².